The Hall–Kier alpha value is -1.59. The maximum absolute atomic E-state index is 12.2. The summed E-state index contributed by atoms with van der Waals surface area (Å²) in [6.07, 6.45) is 1.10. The number of rotatable bonds is 5. The number of nitrogens with one attached hydrogen (secondary N) is 2. The van der Waals surface area contributed by atoms with Crippen molar-refractivity contribution in [3.8, 4) is 5.75 Å². The summed E-state index contributed by atoms with van der Waals surface area (Å²) in [5.74, 6) is 0.888. The fourth-order valence-corrected chi connectivity index (χ4v) is 2.54. The molecule has 1 aliphatic heterocycles. The van der Waals surface area contributed by atoms with Crippen molar-refractivity contribution >= 4 is 5.91 Å². The zero-order valence-corrected chi connectivity index (χ0v) is 12.9. The first-order chi connectivity index (χ1) is 10.2. The monoisotopic (exact) mass is 291 g/mol. The fraction of sp³-hybridized carbons (Fsp3) is 0.562. The summed E-state index contributed by atoms with van der Waals surface area (Å²) in [5, 5.41) is 6.40. The number of hydrogen-bond acceptors (Lipinski definition) is 4. The molecule has 0 aliphatic carbocycles. The average Bonchev–Trinajstić information content (AvgIpc) is 2.75. The van der Waals surface area contributed by atoms with Crippen molar-refractivity contribution in [3.05, 3.63) is 29.8 Å². The molecule has 0 radical (unpaired) electrons. The highest BCUT2D eigenvalue weighted by Gasteiger charge is 2.15. The quantitative estimate of drug-likeness (QED) is 0.855. The van der Waals surface area contributed by atoms with Crippen LogP contribution in [0.15, 0.2) is 24.3 Å². The largest absolute Gasteiger partial charge is 0.497 e. The van der Waals surface area contributed by atoms with Crippen LogP contribution in [0.5, 0.6) is 5.75 Å². The molecule has 1 heterocycles. The number of hydrogen-bond donors (Lipinski definition) is 2. The highest BCUT2D eigenvalue weighted by Crippen LogP contribution is 2.18. The summed E-state index contributed by atoms with van der Waals surface area (Å²) in [7, 11) is 1.65. The van der Waals surface area contributed by atoms with E-state index in [1.54, 1.807) is 7.11 Å². The van der Waals surface area contributed by atoms with Crippen LogP contribution in [0.1, 0.15) is 24.9 Å². The van der Waals surface area contributed by atoms with Gasteiger partial charge in [0.2, 0.25) is 5.91 Å². The Labute approximate surface area is 126 Å². The van der Waals surface area contributed by atoms with Crippen molar-refractivity contribution in [2.24, 2.45) is 0 Å². The molecule has 116 valence electrons. The second-order valence-electron chi connectivity index (χ2n) is 5.45. The number of nitrogens with zero attached hydrogens (tertiary/aromatic N) is 1. The molecule has 1 atom stereocenters. The van der Waals surface area contributed by atoms with Crippen LogP contribution in [-0.2, 0) is 4.79 Å². The van der Waals surface area contributed by atoms with Gasteiger partial charge < -0.3 is 15.4 Å². The molecule has 1 aromatic rings. The summed E-state index contributed by atoms with van der Waals surface area (Å²) >= 11 is 0. The maximum atomic E-state index is 12.2. The highest BCUT2D eigenvalue weighted by atomic mass is 16.5. The third-order valence-corrected chi connectivity index (χ3v) is 3.77. The van der Waals surface area contributed by atoms with Crippen molar-refractivity contribution in [1.29, 1.82) is 0 Å². The number of ether oxygens (including phenoxy) is 1. The molecule has 2 N–H and O–H groups in total. The van der Waals surface area contributed by atoms with E-state index in [9.17, 15) is 4.79 Å². The van der Waals surface area contributed by atoms with Crippen LogP contribution in [0, 0.1) is 0 Å². The molecule has 5 heteroatoms. The van der Waals surface area contributed by atoms with Gasteiger partial charge in [-0.2, -0.15) is 0 Å². The van der Waals surface area contributed by atoms with Gasteiger partial charge in [0.15, 0.2) is 0 Å². The predicted octanol–water partition coefficient (Wildman–Crippen LogP) is 1.17. The van der Waals surface area contributed by atoms with Crippen LogP contribution < -0.4 is 15.4 Å². The zero-order valence-electron chi connectivity index (χ0n) is 12.9. The molecule has 0 unspecified atom stereocenters. The van der Waals surface area contributed by atoms with Gasteiger partial charge in [0.05, 0.1) is 19.7 Å². The summed E-state index contributed by atoms with van der Waals surface area (Å²) < 4.78 is 5.22. The minimum Gasteiger partial charge on any atom is -0.497 e. The molecular weight excluding hydrogens is 266 g/mol. The Morgan fingerprint density at radius 2 is 2.29 bits per heavy atom. The van der Waals surface area contributed by atoms with E-state index in [1.165, 1.54) is 0 Å². The van der Waals surface area contributed by atoms with E-state index >= 15 is 0 Å². The second-order valence-corrected chi connectivity index (χ2v) is 5.45. The van der Waals surface area contributed by atoms with Crippen LogP contribution in [0.25, 0.3) is 0 Å². The Morgan fingerprint density at radius 3 is 3.10 bits per heavy atom. The molecule has 1 aromatic carbocycles. The molecule has 0 bridgehead atoms. The number of methoxy groups -OCH3 is 1. The normalized spacial score (nSPS) is 17.8. The Morgan fingerprint density at radius 1 is 1.43 bits per heavy atom. The van der Waals surface area contributed by atoms with Crippen LogP contribution in [0.4, 0.5) is 0 Å². The first kappa shape index (κ1) is 15.8. The average molecular weight is 291 g/mol. The molecule has 0 saturated carbocycles. The molecule has 1 fully saturated rings. The summed E-state index contributed by atoms with van der Waals surface area (Å²) in [4.78, 5) is 14.4. The smallest absolute Gasteiger partial charge is 0.234 e. The zero-order chi connectivity index (χ0) is 15.1. The first-order valence-electron chi connectivity index (χ1n) is 7.55. The molecule has 1 amide bonds. The lowest BCUT2D eigenvalue weighted by Crippen LogP contribution is -2.39. The van der Waals surface area contributed by atoms with Crippen LogP contribution in [0.3, 0.4) is 0 Å². The van der Waals surface area contributed by atoms with Gasteiger partial charge in [0, 0.05) is 13.1 Å². The lowest BCUT2D eigenvalue weighted by molar-refractivity contribution is -0.122. The lowest BCUT2D eigenvalue weighted by atomic mass is 10.1. The SMILES string of the molecule is COc1cccc([C@H](C)NC(=O)CN2CCCNCC2)c1. The number of carbonyl (C=O) groups is 1. The Kier molecular flexibility index (Phi) is 6.02. The van der Waals surface area contributed by atoms with Crippen molar-refractivity contribution in [1.82, 2.24) is 15.5 Å². The van der Waals surface area contributed by atoms with Crippen molar-refractivity contribution in [2.45, 2.75) is 19.4 Å². The fourth-order valence-electron chi connectivity index (χ4n) is 2.54. The number of carbonyl (C=O) groups excluding carboxylic acids is 1. The number of benzene rings is 1. The minimum atomic E-state index is -0.0160. The van der Waals surface area contributed by atoms with E-state index in [2.05, 4.69) is 15.5 Å². The van der Waals surface area contributed by atoms with Gasteiger partial charge in [-0.1, -0.05) is 12.1 Å². The van der Waals surface area contributed by atoms with E-state index in [1.807, 2.05) is 31.2 Å². The van der Waals surface area contributed by atoms with Gasteiger partial charge in [-0.3, -0.25) is 9.69 Å². The van der Waals surface area contributed by atoms with Crippen LogP contribution in [-0.4, -0.2) is 50.6 Å². The highest BCUT2D eigenvalue weighted by molar-refractivity contribution is 5.78. The van der Waals surface area contributed by atoms with Crippen molar-refractivity contribution in [3.63, 3.8) is 0 Å². The van der Waals surface area contributed by atoms with Gasteiger partial charge in [-0.15, -0.1) is 0 Å². The third kappa shape index (κ3) is 5.02. The molecule has 1 saturated heterocycles. The number of amides is 1. The summed E-state index contributed by atoms with van der Waals surface area (Å²) in [6, 6.07) is 7.79. The molecule has 21 heavy (non-hydrogen) atoms. The van der Waals surface area contributed by atoms with E-state index in [0.717, 1.165) is 43.9 Å². The Balaban J connectivity index is 1.85. The van der Waals surface area contributed by atoms with E-state index in [-0.39, 0.29) is 11.9 Å². The standard InChI is InChI=1S/C16H25N3O2/c1-13(14-5-3-6-15(11-14)21-2)18-16(20)12-19-9-4-7-17-8-10-19/h3,5-6,11,13,17H,4,7-10,12H2,1-2H3,(H,18,20)/t13-/m0/s1. The third-order valence-electron chi connectivity index (χ3n) is 3.77. The molecule has 0 aromatic heterocycles. The van der Waals surface area contributed by atoms with Gasteiger partial charge in [0.1, 0.15) is 5.75 Å². The predicted molar refractivity (Wildman–Crippen MR) is 83.5 cm³/mol. The summed E-state index contributed by atoms with van der Waals surface area (Å²) in [6.45, 7) is 6.37. The van der Waals surface area contributed by atoms with E-state index in [4.69, 9.17) is 4.74 Å². The van der Waals surface area contributed by atoms with Crippen LogP contribution >= 0.6 is 0 Å². The van der Waals surface area contributed by atoms with Gasteiger partial charge >= 0.3 is 0 Å². The van der Waals surface area contributed by atoms with Crippen molar-refractivity contribution < 1.29 is 9.53 Å². The maximum Gasteiger partial charge on any atom is 0.234 e. The molecule has 1 aliphatic rings. The van der Waals surface area contributed by atoms with Gasteiger partial charge in [-0.25, -0.2) is 0 Å². The lowest BCUT2D eigenvalue weighted by Gasteiger charge is -2.21. The first-order valence-corrected chi connectivity index (χ1v) is 7.55. The summed E-state index contributed by atoms with van der Waals surface area (Å²) in [5.41, 5.74) is 1.06. The van der Waals surface area contributed by atoms with Crippen molar-refractivity contribution in [2.75, 3.05) is 39.8 Å². The van der Waals surface area contributed by atoms with Gasteiger partial charge in [-0.05, 0) is 44.1 Å². The second kappa shape index (κ2) is 8.00. The van der Waals surface area contributed by atoms with E-state index < -0.39 is 0 Å². The topological polar surface area (TPSA) is 53.6 Å². The molecule has 5 nitrogen and oxygen atoms in total. The molecular formula is C16H25N3O2. The van der Waals surface area contributed by atoms with Gasteiger partial charge in [0.25, 0.3) is 0 Å². The molecule has 2 rings (SSSR count). The Bertz CT molecular complexity index is 457. The van der Waals surface area contributed by atoms with Crippen LogP contribution in [0.2, 0.25) is 0 Å². The molecule has 0 spiro atoms. The minimum absolute atomic E-state index is 0.0160. The van der Waals surface area contributed by atoms with E-state index in [0.29, 0.717) is 6.54 Å².